The highest BCUT2D eigenvalue weighted by molar-refractivity contribution is 6.30. The molecule has 0 aliphatic heterocycles. The van der Waals surface area contributed by atoms with Gasteiger partial charge in [0.2, 0.25) is 0 Å². The third kappa shape index (κ3) is 3.61. The van der Waals surface area contributed by atoms with E-state index in [1.807, 2.05) is 16.7 Å². The third-order valence-corrected chi connectivity index (χ3v) is 3.31. The zero-order valence-electron chi connectivity index (χ0n) is 12.1. The summed E-state index contributed by atoms with van der Waals surface area (Å²) in [6.45, 7) is 4.91. The van der Waals surface area contributed by atoms with Gasteiger partial charge >= 0.3 is 5.97 Å². The van der Waals surface area contributed by atoms with Crippen molar-refractivity contribution >= 4 is 17.6 Å². The van der Waals surface area contributed by atoms with Crippen LogP contribution in [0.3, 0.4) is 0 Å². The van der Waals surface area contributed by atoms with Crippen molar-refractivity contribution in [3.8, 4) is 0 Å². The molecule has 0 aliphatic carbocycles. The van der Waals surface area contributed by atoms with Crippen LogP contribution in [0.2, 0.25) is 5.02 Å². The molecule has 1 heterocycles. The number of halogens is 1. The van der Waals surface area contributed by atoms with Crippen molar-refractivity contribution in [1.82, 2.24) is 14.8 Å². The summed E-state index contributed by atoms with van der Waals surface area (Å²) in [4.78, 5) is 12.4. The van der Waals surface area contributed by atoms with E-state index in [4.69, 9.17) is 16.3 Å². The molecule has 1 aromatic carbocycles. The molecule has 0 fully saturated rings. The molecule has 0 aliphatic rings. The first-order valence-corrected chi connectivity index (χ1v) is 7.35. The zero-order valence-corrected chi connectivity index (χ0v) is 12.9. The molecule has 0 saturated carbocycles. The van der Waals surface area contributed by atoms with Crippen LogP contribution in [0.1, 0.15) is 37.6 Å². The molecule has 112 valence electrons. The average Bonchev–Trinajstić information content (AvgIpc) is 2.88. The van der Waals surface area contributed by atoms with Gasteiger partial charge in [-0.1, -0.05) is 30.7 Å². The smallest absolute Gasteiger partial charge is 0.321 e. The number of rotatable bonds is 6. The Bertz CT molecular complexity index is 612. The van der Waals surface area contributed by atoms with Crippen LogP contribution in [0.25, 0.3) is 0 Å². The molecular weight excluding hydrogens is 290 g/mol. The van der Waals surface area contributed by atoms with Gasteiger partial charge in [0.15, 0.2) is 5.82 Å². The maximum absolute atomic E-state index is 12.4. The molecule has 2 rings (SSSR count). The van der Waals surface area contributed by atoms with Crippen LogP contribution in [0.4, 0.5) is 0 Å². The molecule has 1 aromatic heterocycles. The molecule has 1 unspecified atom stereocenters. The largest absolute Gasteiger partial charge is 0.465 e. The van der Waals surface area contributed by atoms with Crippen LogP contribution in [-0.4, -0.2) is 27.3 Å². The molecule has 0 amide bonds. The van der Waals surface area contributed by atoms with E-state index in [-0.39, 0.29) is 5.97 Å². The lowest BCUT2D eigenvalue weighted by atomic mass is 9.98. The first-order valence-electron chi connectivity index (χ1n) is 6.97. The highest BCUT2D eigenvalue weighted by Gasteiger charge is 2.29. The second kappa shape index (κ2) is 7.22. The quantitative estimate of drug-likeness (QED) is 0.770. The summed E-state index contributed by atoms with van der Waals surface area (Å²) in [5.41, 5.74) is 0.756. The van der Waals surface area contributed by atoms with E-state index in [1.165, 1.54) is 0 Å². The Hall–Kier alpha value is -1.88. The predicted octanol–water partition coefficient (Wildman–Crippen LogP) is 3.04. The molecule has 0 radical (unpaired) electrons. The lowest BCUT2D eigenvalue weighted by molar-refractivity contribution is -0.144. The summed E-state index contributed by atoms with van der Waals surface area (Å²) in [7, 11) is 0. The van der Waals surface area contributed by atoms with Gasteiger partial charge in [-0.05, 0) is 31.0 Å². The summed E-state index contributed by atoms with van der Waals surface area (Å²) in [6.07, 6.45) is 2.56. The molecule has 6 heteroatoms. The van der Waals surface area contributed by atoms with Crippen molar-refractivity contribution < 1.29 is 9.53 Å². The number of aryl methyl sites for hydroxylation is 1. The van der Waals surface area contributed by atoms with Crippen molar-refractivity contribution in [3.05, 3.63) is 47.0 Å². The topological polar surface area (TPSA) is 57.0 Å². The van der Waals surface area contributed by atoms with Crippen molar-refractivity contribution in [2.24, 2.45) is 0 Å². The minimum absolute atomic E-state index is 0.317. The van der Waals surface area contributed by atoms with E-state index in [0.29, 0.717) is 17.5 Å². The second-order valence-electron chi connectivity index (χ2n) is 4.62. The Labute approximate surface area is 128 Å². The van der Waals surface area contributed by atoms with Crippen molar-refractivity contribution in [3.63, 3.8) is 0 Å². The van der Waals surface area contributed by atoms with Gasteiger partial charge in [0.05, 0.1) is 6.61 Å². The summed E-state index contributed by atoms with van der Waals surface area (Å²) in [5.74, 6) is -0.375. The normalized spacial score (nSPS) is 12.1. The van der Waals surface area contributed by atoms with Crippen LogP contribution >= 0.6 is 11.6 Å². The summed E-state index contributed by atoms with van der Waals surface area (Å²) >= 11 is 6.04. The number of aromatic nitrogens is 3. The first kappa shape index (κ1) is 15.5. The molecule has 0 spiro atoms. The fraction of sp³-hybridized carbons (Fsp3) is 0.400. The van der Waals surface area contributed by atoms with E-state index in [0.717, 1.165) is 18.5 Å². The van der Waals surface area contributed by atoms with Gasteiger partial charge in [0.1, 0.15) is 12.2 Å². The maximum Gasteiger partial charge on any atom is 0.321 e. The summed E-state index contributed by atoms with van der Waals surface area (Å²) in [6, 6.07) is 7.18. The van der Waals surface area contributed by atoms with E-state index in [9.17, 15) is 4.79 Å². The van der Waals surface area contributed by atoms with Crippen LogP contribution in [-0.2, 0) is 16.1 Å². The Morgan fingerprint density at radius 2 is 2.24 bits per heavy atom. The van der Waals surface area contributed by atoms with Gasteiger partial charge in [-0.15, -0.1) is 10.2 Å². The van der Waals surface area contributed by atoms with Gasteiger partial charge in [0, 0.05) is 11.6 Å². The van der Waals surface area contributed by atoms with Crippen molar-refractivity contribution in [1.29, 1.82) is 0 Å². The predicted molar refractivity (Wildman–Crippen MR) is 80.2 cm³/mol. The van der Waals surface area contributed by atoms with E-state index in [2.05, 4.69) is 17.1 Å². The van der Waals surface area contributed by atoms with Crippen LogP contribution < -0.4 is 0 Å². The van der Waals surface area contributed by atoms with E-state index in [1.54, 1.807) is 25.4 Å². The number of carbonyl (C=O) groups is 1. The second-order valence-corrected chi connectivity index (χ2v) is 5.06. The molecular formula is C15H18ClN3O2. The highest BCUT2D eigenvalue weighted by Crippen LogP contribution is 2.27. The number of esters is 1. The van der Waals surface area contributed by atoms with Crippen molar-refractivity contribution in [2.75, 3.05) is 6.61 Å². The molecule has 0 saturated heterocycles. The van der Waals surface area contributed by atoms with Crippen LogP contribution in [0, 0.1) is 0 Å². The zero-order chi connectivity index (χ0) is 15.2. The summed E-state index contributed by atoms with van der Waals surface area (Å²) < 4.78 is 7.07. The van der Waals surface area contributed by atoms with Gasteiger partial charge in [-0.25, -0.2) is 0 Å². The molecule has 1 atom stereocenters. The molecule has 2 aromatic rings. The van der Waals surface area contributed by atoms with Crippen molar-refractivity contribution in [2.45, 2.75) is 32.7 Å². The third-order valence-electron chi connectivity index (χ3n) is 3.07. The Morgan fingerprint density at radius 3 is 2.90 bits per heavy atom. The standard InChI is InChI=1S/C15H18ClN3O2/c1-3-8-19-10-17-18-14(19)13(15(20)21-4-2)11-6-5-7-12(16)9-11/h5-7,9-10,13H,3-4,8H2,1-2H3. The molecule has 0 N–H and O–H groups in total. The van der Waals surface area contributed by atoms with Gasteiger partial charge in [-0.3, -0.25) is 4.79 Å². The fourth-order valence-electron chi connectivity index (χ4n) is 2.20. The highest BCUT2D eigenvalue weighted by atomic mass is 35.5. The van der Waals surface area contributed by atoms with Gasteiger partial charge in [-0.2, -0.15) is 0 Å². The van der Waals surface area contributed by atoms with E-state index >= 15 is 0 Å². The Kier molecular flexibility index (Phi) is 5.33. The minimum atomic E-state index is -0.613. The minimum Gasteiger partial charge on any atom is -0.465 e. The number of carbonyl (C=O) groups excluding carboxylic acids is 1. The SMILES string of the molecule is CCCn1cnnc1C(C(=O)OCC)c1cccc(Cl)c1. The summed E-state index contributed by atoms with van der Waals surface area (Å²) in [5, 5.41) is 8.61. The van der Waals surface area contributed by atoms with Crippen LogP contribution in [0.15, 0.2) is 30.6 Å². The Balaban J connectivity index is 2.45. The van der Waals surface area contributed by atoms with Crippen LogP contribution in [0.5, 0.6) is 0 Å². The van der Waals surface area contributed by atoms with E-state index < -0.39 is 5.92 Å². The number of ether oxygens (including phenoxy) is 1. The average molecular weight is 308 g/mol. The number of nitrogens with zero attached hydrogens (tertiary/aromatic N) is 3. The lowest BCUT2D eigenvalue weighted by Crippen LogP contribution is -2.21. The Morgan fingerprint density at radius 1 is 1.43 bits per heavy atom. The van der Waals surface area contributed by atoms with Gasteiger partial charge in [0.25, 0.3) is 0 Å². The number of benzene rings is 1. The molecule has 5 nitrogen and oxygen atoms in total. The molecule has 0 bridgehead atoms. The monoisotopic (exact) mass is 307 g/mol. The first-order chi connectivity index (χ1) is 10.2. The van der Waals surface area contributed by atoms with Gasteiger partial charge < -0.3 is 9.30 Å². The number of hydrogen-bond donors (Lipinski definition) is 0. The fourth-order valence-corrected chi connectivity index (χ4v) is 2.40. The maximum atomic E-state index is 12.4. The molecule has 21 heavy (non-hydrogen) atoms. The lowest BCUT2D eigenvalue weighted by Gasteiger charge is -2.16. The number of hydrogen-bond acceptors (Lipinski definition) is 4.